The average molecular weight is 555 g/mol. The Labute approximate surface area is 232 Å². The molecular formula is C30H38N2O8. The molecule has 0 radical (unpaired) electrons. The van der Waals surface area contributed by atoms with E-state index in [-0.39, 0.29) is 29.7 Å². The molecule has 0 unspecified atom stereocenters. The van der Waals surface area contributed by atoms with Gasteiger partial charge in [0.15, 0.2) is 23.0 Å². The third-order valence-corrected chi connectivity index (χ3v) is 10.1. The third kappa shape index (κ3) is 4.03. The van der Waals surface area contributed by atoms with Gasteiger partial charge in [-0.25, -0.2) is 0 Å². The van der Waals surface area contributed by atoms with E-state index in [9.17, 15) is 20.1 Å². The van der Waals surface area contributed by atoms with Crippen LogP contribution in [0.15, 0.2) is 30.3 Å². The molecule has 3 aliphatic carbocycles. The van der Waals surface area contributed by atoms with Gasteiger partial charge in [0.2, 0.25) is 0 Å². The maximum absolute atomic E-state index is 12.1. The number of carboxylic acids is 1. The zero-order chi connectivity index (χ0) is 28.4. The van der Waals surface area contributed by atoms with Crippen molar-refractivity contribution in [2.45, 2.75) is 86.7 Å². The largest absolute Gasteiger partial charge is 0.504 e. The summed E-state index contributed by atoms with van der Waals surface area (Å²) in [6.45, 7) is 2.02. The van der Waals surface area contributed by atoms with Crippen LogP contribution < -0.4 is 10.5 Å². The van der Waals surface area contributed by atoms with E-state index in [4.69, 9.17) is 25.8 Å². The number of rotatable bonds is 5. The van der Waals surface area contributed by atoms with E-state index < -0.39 is 35.2 Å². The van der Waals surface area contributed by atoms with Gasteiger partial charge in [-0.1, -0.05) is 18.6 Å². The number of aliphatic carboxylic acids is 1. The lowest BCUT2D eigenvalue weighted by Gasteiger charge is -2.64. The van der Waals surface area contributed by atoms with E-state index in [0.29, 0.717) is 24.2 Å². The van der Waals surface area contributed by atoms with Gasteiger partial charge in [0, 0.05) is 18.2 Å². The Kier molecular flexibility index (Phi) is 6.65. The van der Waals surface area contributed by atoms with Gasteiger partial charge in [-0.05, 0) is 86.7 Å². The van der Waals surface area contributed by atoms with Crippen molar-refractivity contribution in [3.63, 3.8) is 0 Å². The van der Waals surface area contributed by atoms with Crippen molar-refractivity contribution >= 4 is 5.97 Å². The van der Waals surface area contributed by atoms with Crippen molar-refractivity contribution in [2.24, 2.45) is 11.7 Å². The highest BCUT2D eigenvalue weighted by Gasteiger charge is 2.72. The third-order valence-electron chi connectivity index (χ3n) is 10.1. The molecule has 1 spiro atoms. The van der Waals surface area contributed by atoms with Crippen LogP contribution in [-0.2, 0) is 23.1 Å². The average Bonchev–Trinajstić information content (AvgIpc) is 3.25. The molecule has 216 valence electrons. The highest BCUT2D eigenvalue weighted by Crippen LogP contribution is 2.65. The predicted octanol–water partition coefficient (Wildman–Crippen LogP) is 1.76. The zero-order valence-electron chi connectivity index (χ0n) is 22.4. The van der Waals surface area contributed by atoms with Gasteiger partial charge in [0.1, 0.15) is 12.1 Å². The number of ether oxygens (including phenoxy) is 1. The highest BCUT2D eigenvalue weighted by atomic mass is 16.5. The molecule has 10 heteroatoms. The molecule has 2 heterocycles. The van der Waals surface area contributed by atoms with Crippen LogP contribution in [0.2, 0.25) is 0 Å². The van der Waals surface area contributed by atoms with Gasteiger partial charge in [0.05, 0.1) is 17.1 Å². The van der Waals surface area contributed by atoms with Crippen LogP contribution in [-0.4, -0.2) is 84.5 Å². The molecule has 5 aliphatic rings. The van der Waals surface area contributed by atoms with Gasteiger partial charge in [0.25, 0.3) is 0 Å². The predicted molar refractivity (Wildman–Crippen MR) is 145 cm³/mol. The monoisotopic (exact) mass is 554 g/mol. The summed E-state index contributed by atoms with van der Waals surface area (Å²) in [6.07, 6.45) is 5.79. The second-order valence-corrected chi connectivity index (χ2v) is 12.2. The fourth-order valence-corrected chi connectivity index (χ4v) is 7.87. The number of aliphatic hydroxyl groups is 2. The Morgan fingerprint density at radius 1 is 1.07 bits per heavy atom. The number of hydrogen-bond donors (Lipinski definition) is 7. The quantitative estimate of drug-likeness (QED) is 0.270. The number of carbonyl (C=O) groups is 1. The van der Waals surface area contributed by atoms with Gasteiger partial charge in [-0.3, -0.25) is 9.69 Å². The van der Waals surface area contributed by atoms with Crippen LogP contribution in [0.5, 0.6) is 23.0 Å². The first kappa shape index (κ1) is 27.1. The molecule has 8 N–H and O–H groups in total. The lowest BCUT2D eigenvalue weighted by Crippen LogP contribution is -2.77. The van der Waals surface area contributed by atoms with Crippen LogP contribution in [0.1, 0.15) is 55.2 Å². The zero-order valence-corrected chi connectivity index (χ0v) is 22.4. The molecule has 2 aromatic rings. The molecular weight excluding hydrogens is 516 g/mol. The number of aliphatic hydroxyl groups excluding tert-OH is 1. The standard InChI is InChI=1S/C21H27NO4.C9H11NO4/c23-14-5-4-13-10-16-21(25)7-6-15(24)19-20(21,17(13)18(14)26-19)8-9-22(16)11-12-2-1-3-12;10-6(9(13)14)3-5-1-2-7(11)8(12)4-5/h4-5,12,15-16,19,23-25H,1-3,6-11H2;1-2,4,6,11-12H,3,10H2,(H,13,14)/t15-,16+,19-,20-,21+;6-/m00/s1. The van der Waals surface area contributed by atoms with Gasteiger partial charge in [-0.2, -0.15) is 0 Å². The van der Waals surface area contributed by atoms with Crippen molar-refractivity contribution in [3.8, 4) is 23.0 Å². The second-order valence-electron chi connectivity index (χ2n) is 12.2. The van der Waals surface area contributed by atoms with Crippen molar-refractivity contribution in [1.82, 2.24) is 4.90 Å². The van der Waals surface area contributed by atoms with Crippen LogP contribution in [0, 0.1) is 5.92 Å². The molecule has 0 aromatic heterocycles. The van der Waals surface area contributed by atoms with E-state index >= 15 is 0 Å². The first-order valence-electron chi connectivity index (χ1n) is 14.2. The molecule has 1 saturated heterocycles. The molecule has 2 aliphatic heterocycles. The summed E-state index contributed by atoms with van der Waals surface area (Å²) < 4.78 is 6.16. The molecule has 2 aromatic carbocycles. The van der Waals surface area contributed by atoms with E-state index in [1.165, 1.54) is 43.0 Å². The highest BCUT2D eigenvalue weighted by molar-refractivity contribution is 5.73. The first-order chi connectivity index (χ1) is 19.0. The SMILES string of the molecule is N[C@@H](Cc1ccc(O)c(O)c1)C(=O)O.Oc1ccc2c3c1O[C@H]1[C@@H](O)CC[C@@]4(O)[C@@H](C2)N(CC2CCC2)CC[C@]314. The molecule has 6 atom stereocenters. The number of phenols is 3. The Morgan fingerprint density at radius 3 is 2.50 bits per heavy atom. The molecule has 2 saturated carbocycles. The molecule has 0 amide bonds. The smallest absolute Gasteiger partial charge is 0.320 e. The maximum atomic E-state index is 12.1. The fourth-order valence-electron chi connectivity index (χ4n) is 7.87. The molecule has 7 rings (SSSR count). The summed E-state index contributed by atoms with van der Waals surface area (Å²) >= 11 is 0. The summed E-state index contributed by atoms with van der Waals surface area (Å²) in [5.74, 6) is -0.195. The lowest BCUT2D eigenvalue weighted by molar-refractivity contribution is -0.209. The number of piperidine rings is 1. The van der Waals surface area contributed by atoms with Crippen LogP contribution >= 0.6 is 0 Å². The second kappa shape index (κ2) is 9.80. The van der Waals surface area contributed by atoms with Crippen LogP contribution in [0.3, 0.4) is 0 Å². The van der Waals surface area contributed by atoms with Crippen molar-refractivity contribution < 1.29 is 40.2 Å². The molecule has 2 bridgehead atoms. The van der Waals surface area contributed by atoms with Crippen LogP contribution in [0.25, 0.3) is 0 Å². The van der Waals surface area contributed by atoms with Crippen molar-refractivity contribution in [2.75, 3.05) is 13.1 Å². The minimum atomic E-state index is -1.10. The number of phenolic OH excluding ortho intramolecular Hbond substituents is 3. The first-order valence-corrected chi connectivity index (χ1v) is 14.2. The summed E-state index contributed by atoms with van der Waals surface area (Å²) in [5.41, 5.74) is 6.57. The maximum Gasteiger partial charge on any atom is 0.320 e. The van der Waals surface area contributed by atoms with Crippen molar-refractivity contribution in [1.29, 1.82) is 0 Å². The van der Waals surface area contributed by atoms with Crippen molar-refractivity contribution in [3.05, 3.63) is 47.0 Å². The normalized spacial score (nSPS) is 32.6. The Bertz CT molecular complexity index is 1310. The summed E-state index contributed by atoms with van der Waals surface area (Å²) in [4.78, 5) is 12.9. The Balaban J connectivity index is 0.000000177. The summed E-state index contributed by atoms with van der Waals surface area (Å²) in [6, 6.07) is 6.89. The molecule has 3 fully saturated rings. The Hall–Kier alpha value is -3.05. The van der Waals surface area contributed by atoms with Crippen LogP contribution in [0.4, 0.5) is 0 Å². The number of benzene rings is 2. The summed E-state index contributed by atoms with van der Waals surface area (Å²) in [5, 5.41) is 59.8. The minimum Gasteiger partial charge on any atom is -0.504 e. The summed E-state index contributed by atoms with van der Waals surface area (Å²) in [7, 11) is 0. The van der Waals surface area contributed by atoms with Gasteiger partial charge < -0.3 is 41.1 Å². The Morgan fingerprint density at radius 2 is 1.82 bits per heavy atom. The lowest BCUT2D eigenvalue weighted by atomic mass is 9.48. The van der Waals surface area contributed by atoms with E-state index in [2.05, 4.69) is 4.90 Å². The number of nitrogens with zero attached hydrogens (tertiary/aromatic N) is 1. The number of aromatic hydroxyl groups is 3. The number of likely N-dealkylation sites (tertiary alicyclic amines) is 1. The van der Waals surface area contributed by atoms with E-state index in [1.54, 1.807) is 6.07 Å². The number of carboxylic acid groups (broad SMARTS) is 1. The van der Waals surface area contributed by atoms with Gasteiger partial charge in [-0.15, -0.1) is 0 Å². The van der Waals surface area contributed by atoms with Gasteiger partial charge >= 0.3 is 5.97 Å². The van der Waals surface area contributed by atoms with E-state index in [1.807, 2.05) is 6.07 Å². The molecule has 40 heavy (non-hydrogen) atoms. The number of hydrogen-bond acceptors (Lipinski definition) is 9. The molecule has 10 nitrogen and oxygen atoms in total. The minimum absolute atomic E-state index is 0.0819. The topological polar surface area (TPSA) is 177 Å². The fraction of sp³-hybridized carbons (Fsp3) is 0.567. The van der Waals surface area contributed by atoms with E-state index in [0.717, 1.165) is 37.4 Å². The number of nitrogens with two attached hydrogens (primary N) is 1.